The number of rotatable bonds is 11. The van der Waals surface area contributed by atoms with Crippen molar-refractivity contribution in [2.45, 2.75) is 74.5 Å². The maximum atomic E-state index is 13.6. The van der Waals surface area contributed by atoms with Gasteiger partial charge in [0.05, 0.1) is 10.8 Å². The standard InChI is InChI=1S/C37H44ClN5O2S/c1-37(2,3)26-14-12-25(13-15-26)32(44)22-33(46-29-20-16-27(38)17-21-29)35(45)39-23-24-10-18-28(19-11-24)40-36-41-31-9-7-6-8-30(31)34(42-36)43(4)5/h6-9,12-17,20-21,24,28,33H,10-11,18-19,22-23H2,1-5H3,(H,39,45)(H,40,41,42)/t24-,28+,33?. The van der Waals surface area contributed by atoms with Gasteiger partial charge in [-0.2, -0.15) is 4.98 Å². The van der Waals surface area contributed by atoms with Crippen molar-refractivity contribution in [1.82, 2.24) is 15.3 Å². The highest BCUT2D eigenvalue weighted by atomic mass is 35.5. The minimum Gasteiger partial charge on any atom is -0.362 e. The van der Waals surface area contributed by atoms with Crippen LogP contribution in [-0.2, 0) is 10.2 Å². The van der Waals surface area contributed by atoms with Gasteiger partial charge in [0.2, 0.25) is 11.9 Å². The summed E-state index contributed by atoms with van der Waals surface area (Å²) in [6, 6.07) is 23.5. The Morgan fingerprint density at radius 2 is 1.61 bits per heavy atom. The summed E-state index contributed by atoms with van der Waals surface area (Å²) in [4.78, 5) is 39.4. The van der Waals surface area contributed by atoms with Gasteiger partial charge in [0.1, 0.15) is 5.82 Å². The number of nitrogens with one attached hydrogen (secondary N) is 2. The van der Waals surface area contributed by atoms with E-state index in [0.29, 0.717) is 29.0 Å². The van der Waals surface area contributed by atoms with Crippen molar-refractivity contribution in [2.75, 3.05) is 30.9 Å². The Kier molecular flexibility index (Phi) is 10.9. The lowest BCUT2D eigenvalue weighted by molar-refractivity contribution is -0.120. The summed E-state index contributed by atoms with van der Waals surface area (Å²) < 4.78 is 0. The maximum Gasteiger partial charge on any atom is 0.233 e. The molecule has 1 heterocycles. The molecule has 2 N–H and O–H groups in total. The first-order valence-corrected chi connectivity index (χ1v) is 17.3. The number of benzene rings is 3. The van der Waals surface area contributed by atoms with E-state index in [2.05, 4.69) is 31.4 Å². The molecule has 0 aliphatic heterocycles. The van der Waals surface area contributed by atoms with E-state index in [-0.39, 0.29) is 29.6 Å². The van der Waals surface area contributed by atoms with Crippen LogP contribution in [0, 0.1) is 5.92 Å². The summed E-state index contributed by atoms with van der Waals surface area (Å²) in [5.41, 5.74) is 2.72. The Bertz CT molecular complexity index is 1650. The molecule has 1 aromatic heterocycles. The lowest BCUT2D eigenvalue weighted by atomic mass is 9.86. The van der Waals surface area contributed by atoms with Crippen LogP contribution >= 0.6 is 23.4 Å². The Morgan fingerprint density at radius 1 is 0.935 bits per heavy atom. The van der Waals surface area contributed by atoms with Crippen LogP contribution in [0.3, 0.4) is 0 Å². The molecule has 1 aliphatic rings. The number of halogens is 1. The Labute approximate surface area is 281 Å². The molecule has 0 spiro atoms. The highest BCUT2D eigenvalue weighted by molar-refractivity contribution is 8.00. The minimum atomic E-state index is -0.551. The molecule has 0 radical (unpaired) electrons. The van der Waals surface area contributed by atoms with Crippen molar-refractivity contribution in [1.29, 1.82) is 0 Å². The van der Waals surface area contributed by atoms with Gasteiger partial charge >= 0.3 is 0 Å². The van der Waals surface area contributed by atoms with E-state index < -0.39 is 5.25 Å². The van der Waals surface area contributed by atoms with Crippen LogP contribution in [0.2, 0.25) is 5.02 Å². The second kappa shape index (κ2) is 14.9. The summed E-state index contributed by atoms with van der Waals surface area (Å²) in [7, 11) is 3.99. The zero-order valence-electron chi connectivity index (χ0n) is 27.3. The average molecular weight is 658 g/mol. The second-order valence-electron chi connectivity index (χ2n) is 13.4. The fourth-order valence-corrected chi connectivity index (χ4v) is 7.00. The smallest absolute Gasteiger partial charge is 0.233 e. The molecule has 1 saturated carbocycles. The van der Waals surface area contributed by atoms with Gasteiger partial charge in [-0.3, -0.25) is 9.59 Å². The number of nitrogens with zero attached hydrogens (tertiary/aromatic N) is 3. The van der Waals surface area contributed by atoms with E-state index in [1.54, 1.807) is 0 Å². The van der Waals surface area contributed by atoms with Gasteiger partial charge in [0.25, 0.3) is 0 Å². The summed E-state index contributed by atoms with van der Waals surface area (Å²) >= 11 is 7.51. The van der Waals surface area contributed by atoms with Crippen LogP contribution in [0.5, 0.6) is 0 Å². The summed E-state index contributed by atoms with van der Waals surface area (Å²) in [5.74, 6) is 1.77. The highest BCUT2D eigenvalue weighted by Gasteiger charge is 2.27. The number of hydrogen-bond donors (Lipinski definition) is 2. The summed E-state index contributed by atoms with van der Waals surface area (Å²) in [6.45, 7) is 7.04. The first-order valence-electron chi connectivity index (χ1n) is 16.0. The van der Waals surface area contributed by atoms with E-state index in [1.807, 2.05) is 91.8 Å². The highest BCUT2D eigenvalue weighted by Crippen LogP contribution is 2.31. The largest absolute Gasteiger partial charge is 0.362 e. The zero-order chi connectivity index (χ0) is 32.8. The number of ketones is 1. The number of Topliss-reactive ketones (excluding diaryl/α,β-unsaturated/α-hetero) is 1. The van der Waals surface area contributed by atoms with Crippen molar-refractivity contribution in [3.63, 3.8) is 0 Å². The molecule has 7 nitrogen and oxygen atoms in total. The first-order chi connectivity index (χ1) is 22.0. The number of carbonyl (C=O) groups excluding carboxylic acids is 2. The van der Waals surface area contributed by atoms with Crippen LogP contribution in [0.4, 0.5) is 11.8 Å². The summed E-state index contributed by atoms with van der Waals surface area (Å²) in [6.07, 6.45) is 4.03. The lowest BCUT2D eigenvalue weighted by Crippen LogP contribution is -2.39. The third kappa shape index (κ3) is 8.80. The maximum absolute atomic E-state index is 13.6. The van der Waals surface area contributed by atoms with Gasteiger partial charge in [0, 0.05) is 54.0 Å². The average Bonchev–Trinajstić information content (AvgIpc) is 3.04. The Morgan fingerprint density at radius 3 is 2.26 bits per heavy atom. The number of aromatic nitrogens is 2. The van der Waals surface area contributed by atoms with Crippen molar-refractivity contribution >= 4 is 57.7 Å². The van der Waals surface area contributed by atoms with E-state index >= 15 is 0 Å². The first kappa shape index (κ1) is 33.7. The van der Waals surface area contributed by atoms with Crippen LogP contribution in [0.1, 0.15) is 68.8 Å². The molecule has 1 unspecified atom stereocenters. The predicted molar refractivity (Wildman–Crippen MR) is 191 cm³/mol. The van der Waals surface area contributed by atoms with E-state index in [9.17, 15) is 9.59 Å². The molecular formula is C37H44ClN5O2S. The Balaban J connectivity index is 1.18. The quantitative estimate of drug-likeness (QED) is 0.124. The van der Waals surface area contributed by atoms with Gasteiger partial charge in [-0.15, -0.1) is 11.8 Å². The minimum absolute atomic E-state index is 0.00343. The molecule has 3 aromatic carbocycles. The molecule has 1 fully saturated rings. The number of anilines is 2. The van der Waals surface area contributed by atoms with Crippen LogP contribution in [0.15, 0.2) is 77.7 Å². The lowest BCUT2D eigenvalue weighted by Gasteiger charge is -2.30. The van der Waals surface area contributed by atoms with Gasteiger partial charge in [0.15, 0.2) is 5.78 Å². The van der Waals surface area contributed by atoms with E-state index in [4.69, 9.17) is 21.6 Å². The topological polar surface area (TPSA) is 87.2 Å². The van der Waals surface area contributed by atoms with Gasteiger partial charge in [-0.05, 0) is 79.0 Å². The third-order valence-electron chi connectivity index (χ3n) is 8.58. The van der Waals surface area contributed by atoms with Crippen LogP contribution < -0.4 is 15.5 Å². The predicted octanol–water partition coefficient (Wildman–Crippen LogP) is 8.17. The molecule has 9 heteroatoms. The fraction of sp³-hybridized carbons (Fsp3) is 0.405. The number of fused-ring (bicyclic) bond motifs is 1. The van der Waals surface area contributed by atoms with Gasteiger partial charge < -0.3 is 15.5 Å². The van der Waals surface area contributed by atoms with E-state index in [0.717, 1.165) is 47.3 Å². The molecule has 1 atom stereocenters. The summed E-state index contributed by atoms with van der Waals surface area (Å²) in [5, 5.41) is 7.87. The number of para-hydroxylation sites is 1. The molecule has 242 valence electrons. The fourth-order valence-electron chi connectivity index (χ4n) is 5.83. The molecule has 5 rings (SSSR count). The second-order valence-corrected chi connectivity index (χ2v) is 15.1. The third-order valence-corrected chi connectivity index (χ3v) is 10.0. The molecule has 4 aromatic rings. The molecular weight excluding hydrogens is 614 g/mol. The SMILES string of the molecule is CN(C)c1nc(N[C@H]2CC[C@@H](CNC(=O)C(CC(=O)c3ccc(C(C)(C)C)cc3)Sc3ccc(Cl)cc3)CC2)nc2ccccc12. The van der Waals surface area contributed by atoms with Crippen LogP contribution in [0.25, 0.3) is 10.9 Å². The molecule has 0 saturated heterocycles. The van der Waals surface area contributed by atoms with Gasteiger partial charge in [-0.25, -0.2) is 4.98 Å². The molecule has 0 bridgehead atoms. The van der Waals surface area contributed by atoms with Crippen LogP contribution in [-0.4, -0.2) is 53.6 Å². The Hall–Kier alpha value is -3.62. The zero-order valence-corrected chi connectivity index (χ0v) is 28.9. The number of hydrogen-bond acceptors (Lipinski definition) is 7. The number of carbonyl (C=O) groups is 2. The van der Waals surface area contributed by atoms with Crippen molar-refractivity contribution in [3.05, 3.63) is 88.9 Å². The molecule has 1 aliphatic carbocycles. The van der Waals surface area contributed by atoms with Crippen molar-refractivity contribution < 1.29 is 9.59 Å². The van der Waals surface area contributed by atoms with E-state index in [1.165, 1.54) is 17.3 Å². The van der Waals surface area contributed by atoms with Crippen molar-refractivity contribution in [2.24, 2.45) is 5.92 Å². The normalized spacial score (nSPS) is 17.3. The van der Waals surface area contributed by atoms with Gasteiger partial charge in [-0.1, -0.05) is 68.8 Å². The molecule has 1 amide bonds. The number of amides is 1. The monoisotopic (exact) mass is 657 g/mol. The number of thioether (sulfide) groups is 1. The van der Waals surface area contributed by atoms with Crippen molar-refractivity contribution in [3.8, 4) is 0 Å². The molecule has 46 heavy (non-hydrogen) atoms.